The molecule has 0 bridgehead atoms. The van der Waals surface area contributed by atoms with Crippen molar-refractivity contribution >= 4 is 39.3 Å². The van der Waals surface area contributed by atoms with Crippen LogP contribution in [-0.4, -0.2) is 31.5 Å². The van der Waals surface area contributed by atoms with Crippen LogP contribution in [0.2, 0.25) is 5.02 Å². The molecule has 0 aliphatic heterocycles. The van der Waals surface area contributed by atoms with E-state index in [4.69, 9.17) is 16.3 Å². The highest BCUT2D eigenvalue weighted by molar-refractivity contribution is 9.10. The predicted octanol–water partition coefficient (Wildman–Crippen LogP) is 1.73. The average molecular weight is 350 g/mol. The molecule has 0 saturated heterocycles. The second kappa shape index (κ2) is 8.01. The summed E-state index contributed by atoms with van der Waals surface area (Å²) in [4.78, 5) is 22.6. The second-order valence-corrected chi connectivity index (χ2v) is 4.92. The Morgan fingerprint density at radius 1 is 1.32 bits per heavy atom. The van der Waals surface area contributed by atoms with Crippen LogP contribution < -0.4 is 15.4 Å². The van der Waals surface area contributed by atoms with Crippen LogP contribution in [0.3, 0.4) is 0 Å². The van der Waals surface area contributed by atoms with Gasteiger partial charge in [-0.1, -0.05) is 27.5 Å². The van der Waals surface area contributed by atoms with Gasteiger partial charge in [-0.25, -0.2) is 0 Å². The number of benzene rings is 1. The molecule has 1 rings (SSSR count). The summed E-state index contributed by atoms with van der Waals surface area (Å²) in [5.74, 6) is -0.208. The van der Waals surface area contributed by atoms with E-state index in [-0.39, 0.29) is 25.0 Å². The lowest BCUT2D eigenvalue weighted by Crippen LogP contribution is -2.38. The number of nitrogens with one attached hydrogen (secondary N) is 2. The van der Waals surface area contributed by atoms with E-state index in [0.717, 1.165) is 4.47 Å². The van der Waals surface area contributed by atoms with Crippen LogP contribution in [0.15, 0.2) is 22.7 Å². The molecule has 19 heavy (non-hydrogen) atoms. The van der Waals surface area contributed by atoms with Gasteiger partial charge in [-0.15, -0.1) is 0 Å². The highest BCUT2D eigenvalue weighted by Crippen LogP contribution is 2.27. The zero-order chi connectivity index (χ0) is 14.3. The number of ether oxygens (including phenoxy) is 1. The summed E-state index contributed by atoms with van der Waals surface area (Å²) in [7, 11) is 0. The van der Waals surface area contributed by atoms with Gasteiger partial charge in [0.1, 0.15) is 5.75 Å². The number of hydrogen-bond acceptors (Lipinski definition) is 3. The van der Waals surface area contributed by atoms with E-state index in [2.05, 4.69) is 26.6 Å². The average Bonchev–Trinajstić information content (AvgIpc) is 2.35. The Bertz CT molecular complexity index is 468. The molecule has 0 saturated carbocycles. The third-order valence-corrected chi connectivity index (χ3v) is 2.86. The van der Waals surface area contributed by atoms with Gasteiger partial charge in [0.05, 0.1) is 11.6 Å². The minimum Gasteiger partial charge on any atom is -0.482 e. The highest BCUT2D eigenvalue weighted by atomic mass is 79.9. The number of carbonyl (C=O) groups is 2. The maximum atomic E-state index is 11.4. The minimum absolute atomic E-state index is 0.0654. The standard InChI is InChI=1S/C12H14BrClN2O3/c1-2-15-11(17)6-16-12(18)7-19-10-4-3-8(13)5-9(10)14/h3-5H,2,6-7H2,1H3,(H,15,17)(H,16,18). The number of hydrogen-bond donors (Lipinski definition) is 2. The molecule has 2 amide bonds. The van der Waals surface area contributed by atoms with Crippen molar-refractivity contribution in [2.45, 2.75) is 6.92 Å². The fourth-order valence-corrected chi connectivity index (χ4v) is 1.95. The zero-order valence-electron chi connectivity index (χ0n) is 10.3. The molecule has 0 aliphatic carbocycles. The summed E-state index contributed by atoms with van der Waals surface area (Å²) in [5, 5.41) is 5.42. The smallest absolute Gasteiger partial charge is 0.258 e. The van der Waals surface area contributed by atoms with Crippen LogP contribution >= 0.6 is 27.5 Å². The fraction of sp³-hybridized carbons (Fsp3) is 0.333. The maximum absolute atomic E-state index is 11.4. The summed E-state index contributed by atoms with van der Waals surface area (Å²) in [6, 6.07) is 5.08. The first kappa shape index (κ1) is 15.8. The van der Waals surface area contributed by atoms with Gasteiger partial charge in [0.2, 0.25) is 5.91 Å². The lowest BCUT2D eigenvalue weighted by molar-refractivity contribution is -0.127. The van der Waals surface area contributed by atoms with E-state index in [0.29, 0.717) is 17.3 Å². The van der Waals surface area contributed by atoms with E-state index in [1.807, 2.05) is 0 Å². The third-order valence-electron chi connectivity index (χ3n) is 2.07. The largest absolute Gasteiger partial charge is 0.482 e. The van der Waals surface area contributed by atoms with Crippen LogP contribution in [0.25, 0.3) is 0 Å². The Kier molecular flexibility index (Phi) is 6.66. The van der Waals surface area contributed by atoms with Crippen LogP contribution in [0.1, 0.15) is 6.92 Å². The van der Waals surface area contributed by atoms with Crippen molar-refractivity contribution in [2.75, 3.05) is 19.7 Å². The lowest BCUT2D eigenvalue weighted by atomic mass is 10.3. The van der Waals surface area contributed by atoms with Crippen LogP contribution in [-0.2, 0) is 9.59 Å². The number of rotatable bonds is 6. The van der Waals surface area contributed by atoms with E-state index in [9.17, 15) is 9.59 Å². The Hall–Kier alpha value is -1.27. The van der Waals surface area contributed by atoms with Gasteiger partial charge >= 0.3 is 0 Å². The molecule has 0 spiro atoms. The van der Waals surface area contributed by atoms with Gasteiger partial charge in [-0.2, -0.15) is 0 Å². The molecule has 1 aromatic rings. The van der Waals surface area contributed by atoms with Crippen molar-refractivity contribution in [3.63, 3.8) is 0 Å². The van der Waals surface area contributed by atoms with E-state index in [1.54, 1.807) is 25.1 Å². The Labute approximate surface area is 124 Å². The predicted molar refractivity (Wildman–Crippen MR) is 76.3 cm³/mol. The molecule has 0 radical (unpaired) electrons. The van der Waals surface area contributed by atoms with Crippen LogP contribution in [0.5, 0.6) is 5.75 Å². The normalized spacial score (nSPS) is 9.84. The quantitative estimate of drug-likeness (QED) is 0.822. The molecule has 1 aromatic carbocycles. The van der Waals surface area contributed by atoms with Crippen molar-refractivity contribution in [2.24, 2.45) is 0 Å². The maximum Gasteiger partial charge on any atom is 0.258 e. The van der Waals surface area contributed by atoms with Crippen LogP contribution in [0, 0.1) is 0 Å². The van der Waals surface area contributed by atoms with Crippen molar-refractivity contribution in [1.82, 2.24) is 10.6 Å². The molecular formula is C12H14BrClN2O3. The molecule has 5 nitrogen and oxygen atoms in total. The summed E-state index contributed by atoms with van der Waals surface area (Å²) in [6.07, 6.45) is 0. The fourth-order valence-electron chi connectivity index (χ4n) is 1.23. The summed E-state index contributed by atoms with van der Waals surface area (Å²) >= 11 is 9.20. The van der Waals surface area contributed by atoms with Crippen molar-refractivity contribution < 1.29 is 14.3 Å². The topological polar surface area (TPSA) is 67.4 Å². The number of amides is 2. The van der Waals surface area contributed by atoms with Gasteiger partial charge in [-0.3, -0.25) is 9.59 Å². The molecule has 0 unspecified atom stereocenters. The second-order valence-electron chi connectivity index (χ2n) is 3.59. The van der Waals surface area contributed by atoms with Crippen molar-refractivity contribution in [3.8, 4) is 5.75 Å². The number of carbonyl (C=O) groups excluding carboxylic acids is 2. The van der Waals surface area contributed by atoms with Gasteiger partial charge in [0, 0.05) is 11.0 Å². The monoisotopic (exact) mass is 348 g/mol. The van der Waals surface area contributed by atoms with Gasteiger partial charge in [0.25, 0.3) is 5.91 Å². The molecule has 0 fully saturated rings. The number of likely N-dealkylation sites (N-methyl/N-ethyl adjacent to an activating group) is 1. The molecule has 7 heteroatoms. The summed E-state index contributed by atoms with van der Waals surface area (Å²) in [6.45, 7) is 2.07. The van der Waals surface area contributed by atoms with Gasteiger partial charge in [-0.05, 0) is 25.1 Å². The molecule has 0 atom stereocenters. The number of halogens is 2. The summed E-state index contributed by atoms with van der Waals surface area (Å²) < 4.78 is 6.07. The Morgan fingerprint density at radius 3 is 2.68 bits per heavy atom. The molecule has 2 N–H and O–H groups in total. The molecule has 0 heterocycles. The molecule has 104 valence electrons. The molecular weight excluding hydrogens is 336 g/mol. The molecule has 0 aromatic heterocycles. The third kappa shape index (κ3) is 5.94. The lowest BCUT2D eigenvalue weighted by Gasteiger charge is -2.08. The zero-order valence-corrected chi connectivity index (χ0v) is 12.7. The first-order valence-electron chi connectivity index (χ1n) is 5.64. The Balaban J connectivity index is 2.36. The van der Waals surface area contributed by atoms with Crippen molar-refractivity contribution in [1.29, 1.82) is 0 Å². The minimum atomic E-state index is -0.384. The van der Waals surface area contributed by atoms with Crippen LogP contribution in [0.4, 0.5) is 0 Å². The highest BCUT2D eigenvalue weighted by Gasteiger charge is 2.07. The van der Waals surface area contributed by atoms with Crippen molar-refractivity contribution in [3.05, 3.63) is 27.7 Å². The van der Waals surface area contributed by atoms with E-state index >= 15 is 0 Å². The van der Waals surface area contributed by atoms with E-state index < -0.39 is 0 Å². The van der Waals surface area contributed by atoms with E-state index in [1.165, 1.54) is 0 Å². The first-order valence-corrected chi connectivity index (χ1v) is 6.81. The SMILES string of the molecule is CCNC(=O)CNC(=O)COc1ccc(Br)cc1Cl. The van der Waals surface area contributed by atoms with Gasteiger partial charge < -0.3 is 15.4 Å². The Morgan fingerprint density at radius 2 is 2.05 bits per heavy atom. The van der Waals surface area contributed by atoms with Gasteiger partial charge in [0.15, 0.2) is 6.61 Å². The summed E-state index contributed by atoms with van der Waals surface area (Å²) in [5.41, 5.74) is 0. The first-order chi connectivity index (χ1) is 9.02. The molecule has 0 aliphatic rings.